The van der Waals surface area contributed by atoms with Crippen LogP contribution in [0, 0.1) is 11.7 Å². The van der Waals surface area contributed by atoms with Gasteiger partial charge in [-0.25, -0.2) is 9.18 Å². The largest absolute Gasteiger partial charge is 0.494 e. The summed E-state index contributed by atoms with van der Waals surface area (Å²) in [6.45, 7) is 4.29. The van der Waals surface area contributed by atoms with Crippen molar-refractivity contribution in [3.8, 4) is 5.75 Å². The quantitative estimate of drug-likeness (QED) is 0.268. The van der Waals surface area contributed by atoms with Gasteiger partial charge in [-0.3, -0.25) is 4.90 Å². The third-order valence-electron chi connectivity index (χ3n) is 7.48. The predicted molar refractivity (Wildman–Crippen MR) is 152 cm³/mol. The summed E-state index contributed by atoms with van der Waals surface area (Å²) < 4.78 is 26.7. The van der Waals surface area contributed by atoms with Crippen molar-refractivity contribution >= 4 is 46.2 Å². The highest BCUT2D eigenvalue weighted by atomic mass is 79.9. The van der Waals surface area contributed by atoms with Crippen molar-refractivity contribution in [2.45, 2.75) is 25.5 Å². The summed E-state index contributed by atoms with van der Waals surface area (Å²) in [5, 5.41) is 3.96. The number of rotatable bonds is 8. The molecule has 2 bridgehead atoms. The van der Waals surface area contributed by atoms with Gasteiger partial charge in [0.05, 0.1) is 39.0 Å². The van der Waals surface area contributed by atoms with Gasteiger partial charge in [-0.15, -0.1) is 17.0 Å². The fourth-order valence-corrected chi connectivity index (χ4v) is 6.09. The van der Waals surface area contributed by atoms with Gasteiger partial charge in [0.15, 0.2) is 17.7 Å². The lowest BCUT2D eigenvalue weighted by Gasteiger charge is -2.51. The second kappa shape index (κ2) is 12.2. The van der Waals surface area contributed by atoms with Gasteiger partial charge in [0, 0.05) is 24.8 Å². The number of fused-ring (bicyclic) bond motifs is 3. The highest BCUT2D eigenvalue weighted by Crippen LogP contribution is 2.36. The summed E-state index contributed by atoms with van der Waals surface area (Å²) in [5.74, 6) is 0.0216. The van der Waals surface area contributed by atoms with Crippen molar-refractivity contribution in [1.29, 1.82) is 0 Å². The summed E-state index contributed by atoms with van der Waals surface area (Å²) >= 11 is 1.57. The first-order valence-corrected chi connectivity index (χ1v) is 13.4. The lowest BCUT2D eigenvalue weighted by Crippen LogP contribution is -2.64. The molecule has 0 unspecified atom stereocenters. The zero-order chi connectivity index (χ0) is 25.0. The summed E-state index contributed by atoms with van der Waals surface area (Å²) in [5.41, 5.74) is 2.64. The summed E-state index contributed by atoms with van der Waals surface area (Å²) in [6, 6.07) is 16.9. The third kappa shape index (κ3) is 6.43. The van der Waals surface area contributed by atoms with Crippen LogP contribution in [0.1, 0.15) is 24.0 Å². The topological polar surface area (TPSA) is 38.8 Å². The molecule has 1 atom stereocenters. The Hall–Kier alpha value is -2.68. The van der Waals surface area contributed by atoms with E-state index in [1.165, 1.54) is 23.6 Å². The second-order valence-corrected chi connectivity index (χ2v) is 10.5. The van der Waals surface area contributed by atoms with Crippen LogP contribution < -0.4 is 9.64 Å². The third-order valence-corrected chi connectivity index (χ3v) is 8.22. The molecule has 1 amide bonds. The Morgan fingerprint density at radius 3 is 2.62 bits per heavy atom. The van der Waals surface area contributed by atoms with Crippen LogP contribution in [0.3, 0.4) is 0 Å². The van der Waals surface area contributed by atoms with Crippen LogP contribution in [0.2, 0.25) is 0 Å². The number of hydrogen-bond donors (Lipinski definition) is 0. The molecule has 0 radical (unpaired) electrons. The molecule has 0 N–H and O–H groups in total. The van der Waals surface area contributed by atoms with E-state index in [-0.39, 0.29) is 28.8 Å². The predicted octanol–water partition coefficient (Wildman–Crippen LogP) is 6.94. The van der Waals surface area contributed by atoms with E-state index in [0.717, 1.165) is 49.1 Å². The number of piperidine rings is 3. The maximum atomic E-state index is 14.5. The zero-order valence-corrected chi connectivity index (χ0v) is 23.5. The number of benzene rings is 2. The van der Waals surface area contributed by atoms with Gasteiger partial charge in [0.1, 0.15) is 6.54 Å². The van der Waals surface area contributed by atoms with E-state index < -0.39 is 11.9 Å². The highest BCUT2D eigenvalue weighted by Gasteiger charge is 2.47. The molecule has 2 aromatic carbocycles. The number of anilines is 1. The number of nitrogens with zero attached hydrogens (tertiary/aromatic N) is 2. The number of quaternary nitrogens is 1. The number of methoxy groups -OCH3 is 1. The van der Waals surface area contributed by atoms with Crippen molar-refractivity contribution in [3.63, 3.8) is 0 Å². The Balaban J connectivity index is 0.00000320. The molecule has 3 aliphatic heterocycles. The van der Waals surface area contributed by atoms with Crippen LogP contribution in [0.4, 0.5) is 14.9 Å². The Kier molecular flexibility index (Phi) is 9.05. The van der Waals surface area contributed by atoms with E-state index in [4.69, 9.17) is 9.47 Å². The standard InChI is InChI=1S/C29H32FN2O3S.BrH/c1-34-27-10-9-25(18-26(27)30)31(19-23-13-17-36-21-23)29(33)35-28-20-32(15-11-24(28)12-16-32)14-5-8-22-6-3-2-4-7-22;/h2-10,13,17-18,21,24,28H,11-12,14-16,19-20H2,1H3;1H/q+1;/b8-5+;/t24?,28-,32?;/m0./s1. The van der Waals surface area contributed by atoms with E-state index in [1.807, 2.05) is 35.0 Å². The van der Waals surface area contributed by atoms with Gasteiger partial charge in [0.25, 0.3) is 0 Å². The van der Waals surface area contributed by atoms with Crippen molar-refractivity contribution in [2.75, 3.05) is 38.2 Å². The first kappa shape index (κ1) is 27.4. The van der Waals surface area contributed by atoms with Gasteiger partial charge in [-0.2, -0.15) is 11.3 Å². The van der Waals surface area contributed by atoms with Crippen LogP contribution in [-0.4, -0.2) is 50.0 Å². The van der Waals surface area contributed by atoms with Crippen LogP contribution in [0.5, 0.6) is 5.75 Å². The van der Waals surface area contributed by atoms with Crippen molar-refractivity contribution in [3.05, 3.63) is 88.4 Å². The first-order chi connectivity index (χ1) is 17.5. The van der Waals surface area contributed by atoms with Crippen LogP contribution in [-0.2, 0) is 11.3 Å². The number of thiophene rings is 1. The van der Waals surface area contributed by atoms with Gasteiger partial charge >= 0.3 is 6.09 Å². The number of halogens is 2. The van der Waals surface area contributed by atoms with Crippen LogP contribution in [0.25, 0.3) is 6.08 Å². The average Bonchev–Trinajstić information content (AvgIpc) is 3.42. The van der Waals surface area contributed by atoms with E-state index in [9.17, 15) is 9.18 Å². The Bertz CT molecular complexity index is 1200. The minimum atomic E-state index is -0.504. The lowest BCUT2D eigenvalue weighted by atomic mass is 9.83. The SMILES string of the molecule is Br.COc1ccc(N(Cc2ccsc2)C(=O)O[C@H]2C[N+]3(C/C=C/c4ccccc4)CCC2CC3)cc1F. The smallest absolute Gasteiger partial charge is 0.415 e. The molecule has 196 valence electrons. The van der Waals surface area contributed by atoms with E-state index >= 15 is 0 Å². The Morgan fingerprint density at radius 2 is 1.95 bits per heavy atom. The van der Waals surface area contributed by atoms with E-state index in [2.05, 4.69) is 24.3 Å². The molecule has 37 heavy (non-hydrogen) atoms. The molecular formula is C29H33BrFN2O3S+. The second-order valence-electron chi connectivity index (χ2n) is 9.76. The van der Waals surface area contributed by atoms with Crippen molar-refractivity contribution in [1.82, 2.24) is 0 Å². The number of amides is 1. The molecule has 0 aliphatic carbocycles. The van der Waals surface area contributed by atoms with Crippen molar-refractivity contribution < 1.29 is 23.1 Å². The average molecular weight is 589 g/mol. The fraction of sp³-hybridized carbons (Fsp3) is 0.345. The number of hydrogen-bond acceptors (Lipinski definition) is 4. The molecule has 8 heteroatoms. The fourth-order valence-electron chi connectivity index (χ4n) is 5.43. The Labute approximate surface area is 232 Å². The minimum Gasteiger partial charge on any atom is -0.494 e. The highest BCUT2D eigenvalue weighted by molar-refractivity contribution is 8.93. The molecule has 3 aromatic rings. The minimum absolute atomic E-state index is 0. The van der Waals surface area contributed by atoms with Crippen LogP contribution in [0.15, 0.2) is 71.4 Å². The zero-order valence-electron chi connectivity index (χ0n) is 20.9. The first-order valence-electron chi connectivity index (χ1n) is 12.4. The number of ether oxygens (including phenoxy) is 2. The normalized spacial score (nSPS) is 22.4. The molecule has 0 saturated carbocycles. The van der Waals surface area contributed by atoms with E-state index in [1.54, 1.807) is 23.5 Å². The monoisotopic (exact) mass is 587 g/mol. The lowest BCUT2D eigenvalue weighted by molar-refractivity contribution is -0.941. The molecule has 0 spiro atoms. The summed E-state index contributed by atoms with van der Waals surface area (Å²) in [7, 11) is 1.43. The van der Waals surface area contributed by atoms with Gasteiger partial charge in [0.2, 0.25) is 0 Å². The molecule has 4 heterocycles. The van der Waals surface area contributed by atoms with Crippen LogP contribution >= 0.6 is 28.3 Å². The Morgan fingerprint density at radius 1 is 1.16 bits per heavy atom. The molecule has 6 rings (SSSR count). The molecule has 3 aliphatic rings. The molecular weight excluding hydrogens is 555 g/mol. The van der Waals surface area contributed by atoms with Gasteiger partial charge < -0.3 is 14.0 Å². The number of carbonyl (C=O) groups is 1. The molecule has 5 nitrogen and oxygen atoms in total. The van der Waals surface area contributed by atoms with Gasteiger partial charge in [-0.05, 0) is 46.2 Å². The van der Waals surface area contributed by atoms with Gasteiger partial charge in [-0.1, -0.05) is 36.4 Å². The summed E-state index contributed by atoms with van der Waals surface area (Å²) in [6.07, 6.45) is 5.97. The summed E-state index contributed by atoms with van der Waals surface area (Å²) in [4.78, 5) is 15.0. The van der Waals surface area contributed by atoms with E-state index in [0.29, 0.717) is 18.2 Å². The maximum Gasteiger partial charge on any atom is 0.415 e. The maximum absolute atomic E-state index is 14.5. The number of carbonyl (C=O) groups excluding carboxylic acids is 1. The van der Waals surface area contributed by atoms with Crippen molar-refractivity contribution in [2.24, 2.45) is 5.92 Å². The molecule has 3 fully saturated rings. The molecule has 3 saturated heterocycles. The molecule has 1 aromatic heterocycles.